The molecule has 0 atom stereocenters. The topological polar surface area (TPSA) is 73.3 Å². The maximum absolute atomic E-state index is 12.2. The highest BCUT2D eigenvalue weighted by Crippen LogP contribution is 2.26. The van der Waals surface area contributed by atoms with E-state index in [1.165, 1.54) is 23.5 Å². The van der Waals surface area contributed by atoms with E-state index >= 15 is 0 Å². The predicted octanol–water partition coefficient (Wildman–Crippen LogP) is 4.42. The summed E-state index contributed by atoms with van der Waals surface area (Å²) in [4.78, 5) is 16.0. The van der Waals surface area contributed by atoms with E-state index in [1.807, 2.05) is 0 Å². The lowest BCUT2D eigenvalue weighted by molar-refractivity contribution is -0.146. The van der Waals surface area contributed by atoms with Crippen LogP contribution in [0.15, 0.2) is 34.5 Å². The van der Waals surface area contributed by atoms with E-state index in [9.17, 15) is 26.4 Å². The third-order valence-corrected chi connectivity index (χ3v) is 6.26. The van der Waals surface area contributed by atoms with Gasteiger partial charge in [-0.1, -0.05) is 12.1 Å². The monoisotopic (exact) mass is 435 g/mol. The van der Waals surface area contributed by atoms with E-state index in [0.29, 0.717) is 16.3 Å². The van der Waals surface area contributed by atoms with Gasteiger partial charge in [-0.05, 0) is 32.4 Å². The van der Waals surface area contributed by atoms with Gasteiger partial charge in [0.15, 0.2) is 9.84 Å². The molecule has 0 fully saturated rings. The first kappa shape index (κ1) is 22.4. The molecule has 1 heterocycles. The lowest BCUT2D eigenvalue weighted by Gasteiger charge is -2.07. The first-order valence-electron chi connectivity index (χ1n) is 8.50. The minimum absolute atomic E-state index is 0.0330. The highest BCUT2D eigenvalue weighted by Gasteiger charge is 2.27. The smallest absolute Gasteiger partial charge is 0.389 e. The highest BCUT2D eigenvalue weighted by molar-refractivity contribution is 7.91. The minimum atomic E-state index is -4.37. The van der Waals surface area contributed by atoms with Crippen LogP contribution in [0.4, 0.5) is 13.2 Å². The van der Waals surface area contributed by atoms with Gasteiger partial charge >= 0.3 is 12.1 Å². The normalized spacial score (nSPS) is 12.4. The van der Waals surface area contributed by atoms with Crippen LogP contribution in [-0.4, -0.2) is 37.4 Å². The van der Waals surface area contributed by atoms with E-state index in [-0.39, 0.29) is 23.4 Å². The van der Waals surface area contributed by atoms with Crippen LogP contribution >= 0.6 is 11.3 Å². The lowest BCUT2D eigenvalue weighted by atomic mass is 10.2. The number of sulfone groups is 1. The van der Waals surface area contributed by atoms with Crippen LogP contribution in [0.3, 0.4) is 0 Å². The van der Waals surface area contributed by atoms with E-state index in [2.05, 4.69) is 4.98 Å². The molecule has 0 saturated carbocycles. The van der Waals surface area contributed by atoms with Crippen molar-refractivity contribution >= 4 is 27.1 Å². The van der Waals surface area contributed by atoms with Crippen LogP contribution in [0.2, 0.25) is 0 Å². The molecular formula is C18H20F3NO4S2. The number of alkyl halides is 3. The van der Waals surface area contributed by atoms with Crippen LogP contribution in [0.5, 0.6) is 0 Å². The van der Waals surface area contributed by atoms with Gasteiger partial charge in [-0.25, -0.2) is 13.4 Å². The second kappa shape index (κ2) is 9.04. The standard InChI is InChI=1S/C18H20F3NO4S2/c1-12(2)26-17(23)10-16-22-15(11-27-16)13-4-6-14(7-5-13)28(24,25)9-3-8-18(19,20)21/h4-7,11-12H,3,8-10H2,1-2H3. The van der Waals surface area contributed by atoms with Crippen molar-refractivity contribution in [2.24, 2.45) is 0 Å². The number of carbonyl (C=O) groups excluding carboxylic acids is 1. The summed E-state index contributed by atoms with van der Waals surface area (Å²) in [5, 5.41) is 2.31. The van der Waals surface area contributed by atoms with E-state index in [4.69, 9.17) is 4.74 Å². The summed E-state index contributed by atoms with van der Waals surface area (Å²) in [5.41, 5.74) is 1.23. The number of hydrogen-bond donors (Lipinski definition) is 0. The molecule has 0 aliphatic heterocycles. The zero-order valence-electron chi connectivity index (χ0n) is 15.3. The number of benzene rings is 1. The van der Waals surface area contributed by atoms with E-state index in [1.54, 1.807) is 31.4 Å². The van der Waals surface area contributed by atoms with Crippen molar-refractivity contribution in [1.82, 2.24) is 4.98 Å². The van der Waals surface area contributed by atoms with Crippen LogP contribution < -0.4 is 0 Å². The van der Waals surface area contributed by atoms with E-state index in [0.717, 1.165) is 0 Å². The summed E-state index contributed by atoms with van der Waals surface area (Å²) < 4.78 is 65.9. The molecule has 0 aliphatic carbocycles. The Bertz CT molecular complexity index is 904. The number of thiazole rings is 1. The molecule has 0 bridgehead atoms. The fraction of sp³-hybridized carbons (Fsp3) is 0.444. The molecule has 0 saturated heterocycles. The molecule has 0 aliphatic rings. The fourth-order valence-corrected chi connectivity index (χ4v) is 4.47. The zero-order valence-corrected chi connectivity index (χ0v) is 17.0. The summed E-state index contributed by atoms with van der Waals surface area (Å²) in [7, 11) is -3.78. The van der Waals surface area contributed by atoms with Crippen molar-refractivity contribution in [2.45, 2.75) is 50.3 Å². The summed E-state index contributed by atoms with van der Waals surface area (Å²) in [6, 6.07) is 5.79. The van der Waals surface area contributed by atoms with Gasteiger partial charge in [-0.3, -0.25) is 4.79 Å². The van der Waals surface area contributed by atoms with Gasteiger partial charge in [0.25, 0.3) is 0 Å². The predicted molar refractivity (Wildman–Crippen MR) is 99.8 cm³/mol. The van der Waals surface area contributed by atoms with Crippen molar-refractivity contribution in [3.05, 3.63) is 34.7 Å². The summed E-state index contributed by atoms with van der Waals surface area (Å²) in [6.45, 7) is 3.51. The molecule has 0 amide bonds. The van der Waals surface area contributed by atoms with Crippen LogP contribution in [0.1, 0.15) is 31.7 Å². The van der Waals surface area contributed by atoms with Gasteiger partial charge in [-0.15, -0.1) is 11.3 Å². The first-order valence-corrected chi connectivity index (χ1v) is 11.0. The Morgan fingerprint density at radius 2 is 1.86 bits per heavy atom. The Balaban J connectivity index is 2.03. The molecule has 2 aromatic rings. The number of hydrogen-bond acceptors (Lipinski definition) is 6. The van der Waals surface area contributed by atoms with Crippen LogP contribution in [0, 0.1) is 0 Å². The average molecular weight is 435 g/mol. The number of nitrogens with zero attached hydrogens (tertiary/aromatic N) is 1. The van der Waals surface area contributed by atoms with Gasteiger partial charge in [0.1, 0.15) is 5.01 Å². The second-order valence-corrected chi connectivity index (χ2v) is 9.46. The Kier molecular flexibility index (Phi) is 7.22. The first-order chi connectivity index (χ1) is 13.0. The molecule has 0 N–H and O–H groups in total. The molecule has 0 radical (unpaired) electrons. The highest BCUT2D eigenvalue weighted by atomic mass is 32.2. The Hall–Kier alpha value is -1.94. The number of aromatic nitrogens is 1. The zero-order chi connectivity index (χ0) is 20.9. The van der Waals surface area contributed by atoms with Crippen molar-refractivity contribution in [3.63, 3.8) is 0 Å². The molecular weight excluding hydrogens is 415 g/mol. The third-order valence-electron chi connectivity index (χ3n) is 3.60. The summed E-state index contributed by atoms with van der Waals surface area (Å²) in [5.74, 6) is -0.943. The maximum Gasteiger partial charge on any atom is 0.389 e. The van der Waals surface area contributed by atoms with Crippen molar-refractivity contribution in [3.8, 4) is 11.3 Å². The fourth-order valence-electron chi connectivity index (χ4n) is 2.37. The number of rotatable bonds is 8. The molecule has 154 valence electrons. The van der Waals surface area contributed by atoms with Crippen molar-refractivity contribution in [2.75, 3.05) is 5.75 Å². The largest absolute Gasteiger partial charge is 0.463 e. The van der Waals surface area contributed by atoms with Gasteiger partial charge in [0.2, 0.25) is 0 Å². The van der Waals surface area contributed by atoms with Gasteiger partial charge in [-0.2, -0.15) is 13.2 Å². The second-order valence-electron chi connectivity index (χ2n) is 6.40. The van der Waals surface area contributed by atoms with E-state index < -0.39 is 34.6 Å². The summed E-state index contributed by atoms with van der Waals surface area (Å²) in [6.07, 6.45) is -6.14. The average Bonchev–Trinajstić information content (AvgIpc) is 3.01. The quantitative estimate of drug-likeness (QED) is 0.574. The Morgan fingerprint density at radius 3 is 2.43 bits per heavy atom. The molecule has 2 rings (SSSR count). The third kappa shape index (κ3) is 6.90. The molecule has 28 heavy (non-hydrogen) atoms. The van der Waals surface area contributed by atoms with Crippen molar-refractivity contribution < 1.29 is 31.1 Å². The maximum atomic E-state index is 12.2. The Morgan fingerprint density at radius 1 is 1.21 bits per heavy atom. The SMILES string of the molecule is CC(C)OC(=O)Cc1nc(-c2ccc(S(=O)(=O)CCCC(F)(F)F)cc2)cs1. The van der Waals surface area contributed by atoms with Crippen LogP contribution in [-0.2, 0) is 25.8 Å². The molecule has 0 unspecified atom stereocenters. The number of carbonyl (C=O) groups is 1. The van der Waals surface area contributed by atoms with Gasteiger partial charge in [0, 0.05) is 17.4 Å². The van der Waals surface area contributed by atoms with Gasteiger partial charge < -0.3 is 4.74 Å². The number of esters is 1. The Labute approximate surface area is 165 Å². The molecule has 1 aromatic heterocycles. The molecule has 0 spiro atoms. The minimum Gasteiger partial charge on any atom is -0.463 e. The number of ether oxygens (including phenoxy) is 1. The summed E-state index contributed by atoms with van der Waals surface area (Å²) >= 11 is 1.29. The van der Waals surface area contributed by atoms with Crippen LogP contribution in [0.25, 0.3) is 11.3 Å². The molecule has 5 nitrogen and oxygen atoms in total. The lowest BCUT2D eigenvalue weighted by Crippen LogP contribution is -2.13. The van der Waals surface area contributed by atoms with Gasteiger partial charge in [0.05, 0.1) is 28.9 Å². The molecule has 1 aromatic carbocycles. The number of halogens is 3. The van der Waals surface area contributed by atoms with Crippen molar-refractivity contribution in [1.29, 1.82) is 0 Å². The molecule has 10 heteroatoms.